The SMILES string of the molecule is CC(C)(C)OC(=O)N1CCN(c2ccc(C#N)cn2)C(CO)C1. The number of hydrogen-bond acceptors (Lipinski definition) is 6. The van der Waals surface area contributed by atoms with E-state index in [1.807, 2.05) is 31.7 Å². The molecule has 23 heavy (non-hydrogen) atoms. The maximum atomic E-state index is 12.2. The van der Waals surface area contributed by atoms with Crippen LogP contribution in [0, 0.1) is 11.3 Å². The molecule has 124 valence electrons. The molecule has 1 amide bonds. The van der Waals surface area contributed by atoms with E-state index in [4.69, 9.17) is 10.00 Å². The third-order valence-corrected chi connectivity index (χ3v) is 3.52. The normalized spacial score (nSPS) is 18.5. The number of nitriles is 1. The highest BCUT2D eigenvalue weighted by atomic mass is 16.6. The summed E-state index contributed by atoms with van der Waals surface area (Å²) in [5.74, 6) is 0.687. The first-order valence-electron chi connectivity index (χ1n) is 7.55. The van der Waals surface area contributed by atoms with Gasteiger partial charge in [-0.2, -0.15) is 5.26 Å². The highest BCUT2D eigenvalue weighted by molar-refractivity contribution is 5.68. The fraction of sp³-hybridized carbons (Fsp3) is 0.562. The fourth-order valence-corrected chi connectivity index (χ4v) is 2.43. The number of aliphatic hydroxyl groups excluding tert-OH is 1. The fourth-order valence-electron chi connectivity index (χ4n) is 2.43. The number of amides is 1. The monoisotopic (exact) mass is 318 g/mol. The number of rotatable bonds is 2. The molecule has 0 radical (unpaired) electrons. The number of carbonyl (C=O) groups is 1. The van der Waals surface area contributed by atoms with Crippen LogP contribution in [-0.4, -0.2) is 59.0 Å². The Labute approximate surface area is 136 Å². The van der Waals surface area contributed by atoms with Crippen molar-refractivity contribution in [2.24, 2.45) is 0 Å². The largest absolute Gasteiger partial charge is 0.444 e. The van der Waals surface area contributed by atoms with Gasteiger partial charge in [-0.25, -0.2) is 9.78 Å². The van der Waals surface area contributed by atoms with Crippen LogP contribution in [0.2, 0.25) is 0 Å². The summed E-state index contributed by atoms with van der Waals surface area (Å²) in [4.78, 5) is 20.0. The van der Waals surface area contributed by atoms with E-state index in [1.54, 1.807) is 17.0 Å². The van der Waals surface area contributed by atoms with Crippen LogP contribution >= 0.6 is 0 Å². The van der Waals surface area contributed by atoms with E-state index in [-0.39, 0.29) is 18.7 Å². The number of pyridine rings is 1. The van der Waals surface area contributed by atoms with Crippen LogP contribution in [0.5, 0.6) is 0 Å². The van der Waals surface area contributed by atoms with Gasteiger partial charge in [0.1, 0.15) is 17.5 Å². The van der Waals surface area contributed by atoms with Crippen molar-refractivity contribution in [3.05, 3.63) is 23.9 Å². The number of nitrogens with zero attached hydrogens (tertiary/aromatic N) is 4. The van der Waals surface area contributed by atoms with Crippen LogP contribution in [0.3, 0.4) is 0 Å². The topological polar surface area (TPSA) is 89.7 Å². The van der Waals surface area contributed by atoms with Gasteiger partial charge < -0.3 is 19.6 Å². The molecule has 1 aliphatic rings. The first-order valence-corrected chi connectivity index (χ1v) is 7.55. The van der Waals surface area contributed by atoms with Crippen LogP contribution in [0.25, 0.3) is 0 Å². The maximum Gasteiger partial charge on any atom is 0.410 e. The number of carbonyl (C=O) groups excluding carboxylic acids is 1. The van der Waals surface area contributed by atoms with Crippen molar-refractivity contribution >= 4 is 11.9 Å². The first-order chi connectivity index (χ1) is 10.8. The molecule has 0 bridgehead atoms. The van der Waals surface area contributed by atoms with Gasteiger partial charge in [0.2, 0.25) is 0 Å². The third-order valence-electron chi connectivity index (χ3n) is 3.52. The van der Waals surface area contributed by atoms with Crippen LogP contribution in [0.1, 0.15) is 26.3 Å². The van der Waals surface area contributed by atoms with Crippen LogP contribution in [0.4, 0.5) is 10.6 Å². The zero-order valence-electron chi connectivity index (χ0n) is 13.7. The highest BCUT2D eigenvalue weighted by Gasteiger charge is 2.32. The summed E-state index contributed by atoms with van der Waals surface area (Å²) in [6, 6.07) is 5.22. The Kier molecular flexibility index (Phi) is 5.06. The summed E-state index contributed by atoms with van der Waals surface area (Å²) in [5.41, 5.74) is -0.0564. The molecule has 1 saturated heterocycles. The van der Waals surface area contributed by atoms with Gasteiger partial charge >= 0.3 is 6.09 Å². The van der Waals surface area contributed by atoms with Crippen molar-refractivity contribution < 1.29 is 14.6 Å². The number of aromatic nitrogens is 1. The summed E-state index contributed by atoms with van der Waals surface area (Å²) < 4.78 is 5.38. The van der Waals surface area contributed by atoms with Crippen molar-refractivity contribution in [2.45, 2.75) is 32.4 Å². The van der Waals surface area contributed by atoms with Crippen molar-refractivity contribution in [2.75, 3.05) is 31.1 Å². The lowest BCUT2D eigenvalue weighted by atomic mass is 10.1. The zero-order chi connectivity index (χ0) is 17.0. The Morgan fingerprint density at radius 2 is 2.22 bits per heavy atom. The number of aliphatic hydroxyl groups is 1. The van der Waals surface area contributed by atoms with E-state index >= 15 is 0 Å². The number of anilines is 1. The number of ether oxygens (including phenoxy) is 1. The van der Waals surface area contributed by atoms with E-state index in [2.05, 4.69) is 4.98 Å². The predicted molar refractivity (Wildman–Crippen MR) is 85.0 cm³/mol. The number of piperazine rings is 1. The van der Waals surface area contributed by atoms with Crippen LogP contribution in [0.15, 0.2) is 18.3 Å². The van der Waals surface area contributed by atoms with E-state index in [0.29, 0.717) is 31.0 Å². The Morgan fingerprint density at radius 3 is 2.74 bits per heavy atom. The molecule has 1 aliphatic heterocycles. The molecular formula is C16H22N4O3. The van der Waals surface area contributed by atoms with Gasteiger partial charge in [0.15, 0.2) is 0 Å². The molecule has 1 fully saturated rings. The lowest BCUT2D eigenvalue weighted by Crippen LogP contribution is -2.57. The molecule has 1 N–H and O–H groups in total. The quantitative estimate of drug-likeness (QED) is 0.886. The maximum absolute atomic E-state index is 12.2. The minimum Gasteiger partial charge on any atom is -0.444 e. The van der Waals surface area contributed by atoms with Crippen molar-refractivity contribution in [3.63, 3.8) is 0 Å². The number of hydrogen-bond donors (Lipinski definition) is 1. The molecule has 1 atom stereocenters. The second kappa shape index (κ2) is 6.84. The van der Waals surface area contributed by atoms with Gasteiger partial charge in [-0.3, -0.25) is 0 Å². The molecule has 1 aromatic rings. The Hall–Kier alpha value is -2.33. The summed E-state index contributed by atoms with van der Waals surface area (Å²) in [6.07, 6.45) is 1.13. The first kappa shape index (κ1) is 17.0. The minimum absolute atomic E-state index is 0.0963. The molecule has 2 heterocycles. The molecule has 0 aromatic carbocycles. The Morgan fingerprint density at radius 1 is 1.48 bits per heavy atom. The third kappa shape index (κ3) is 4.33. The van der Waals surface area contributed by atoms with E-state index in [9.17, 15) is 9.90 Å². The summed E-state index contributed by atoms with van der Waals surface area (Å²) in [6.45, 7) is 6.78. The van der Waals surface area contributed by atoms with E-state index < -0.39 is 5.60 Å². The summed E-state index contributed by atoms with van der Waals surface area (Å²) in [5, 5.41) is 18.5. The molecule has 2 rings (SSSR count). The zero-order valence-corrected chi connectivity index (χ0v) is 13.7. The average molecular weight is 318 g/mol. The molecule has 0 aliphatic carbocycles. The van der Waals surface area contributed by atoms with E-state index in [0.717, 1.165) is 0 Å². The molecular weight excluding hydrogens is 296 g/mol. The van der Waals surface area contributed by atoms with Crippen molar-refractivity contribution in [1.29, 1.82) is 5.26 Å². The standard InChI is InChI=1S/C16H22N4O3/c1-16(2,3)23-15(22)19-6-7-20(13(10-19)11-21)14-5-4-12(8-17)9-18-14/h4-5,9,13,21H,6-7,10-11H2,1-3H3. The Balaban J connectivity index is 2.06. The minimum atomic E-state index is -0.544. The Bertz CT molecular complexity index is 589. The van der Waals surface area contributed by atoms with Crippen molar-refractivity contribution in [3.8, 4) is 6.07 Å². The smallest absolute Gasteiger partial charge is 0.410 e. The molecule has 1 aromatic heterocycles. The van der Waals surface area contributed by atoms with Crippen molar-refractivity contribution in [1.82, 2.24) is 9.88 Å². The molecule has 0 spiro atoms. The average Bonchev–Trinajstić information content (AvgIpc) is 2.52. The predicted octanol–water partition coefficient (Wildman–Crippen LogP) is 1.37. The lowest BCUT2D eigenvalue weighted by Gasteiger charge is -2.41. The second-order valence-electron chi connectivity index (χ2n) is 6.47. The van der Waals surface area contributed by atoms with Gasteiger partial charge in [0, 0.05) is 25.8 Å². The summed E-state index contributed by atoms with van der Waals surface area (Å²) in [7, 11) is 0. The molecule has 7 heteroatoms. The molecule has 1 unspecified atom stereocenters. The molecule has 7 nitrogen and oxygen atoms in total. The second-order valence-corrected chi connectivity index (χ2v) is 6.47. The van der Waals surface area contributed by atoms with Gasteiger partial charge in [-0.15, -0.1) is 0 Å². The summed E-state index contributed by atoms with van der Waals surface area (Å²) >= 11 is 0. The van der Waals surface area contributed by atoms with Gasteiger partial charge in [0.05, 0.1) is 18.2 Å². The van der Waals surface area contributed by atoms with Crippen LogP contribution < -0.4 is 4.90 Å². The molecule has 0 saturated carbocycles. The van der Waals surface area contributed by atoms with Gasteiger partial charge in [-0.1, -0.05) is 0 Å². The van der Waals surface area contributed by atoms with Crippen LogP contribution in [-0.2, 0) is 4.74 Å². The van der Waals surface area contributed by atoms with Gasteiger partial charge in [0.25, 0.3) is 0 Å². The lowest BCUT2D eigenvalue weighted by molar-refractivity contribution is 0.0197. The van der Waals surface area contributed by atoms with Gasteiger partial charge in [-0.05, 0) is 32.9 Å². The van der Waals surface area contributed by atoms with E-state index in [1.165, 1.54) is 6.20 Å². The highest BCUT2D eigenvalue weighted by Crippen LogP contribution is 2.20.